The zero-order valence-electron chi connectivity index (χ0n) is 16.8. The number of benzene rings is 2. The van der Waals surface area contributed by atoms with Gasteiger partial charge in [0.2, 0.25) is 0 Å². The van der Waals surface area contributed by atoms with Gasteiger partial charge < -0.3 is 15.5 Å². The predicted molar refractivity (Wildman–Crippen MR) is 114 cm³/mol. The number of carbonyl (C=O) groups excluding carboxylic acids is 1. The average Bonchev–Trinajstić information content (AvgIpc) is 3.01. The molecule has 6 nitrogen and oxygen atoms in total. The van der Waals surface area contributed by atoms with Crippen LogP contribution in [0.25, 0.3) is 0 Å². The van der Waals surface area contributed by atoms with Crippen LogP contribution in [0.5, 0.6) is 0 Å². The lowest BCUT2D eigenvalue weighted by Gasteiger charge is -2.23. The average molecular weight is 377 g/mol. The van der Waals surface area contributed by atoms with Crippen LogP contribution in [0.4, 0.5) is 16.2 Å². The van der Waals surface area contributed by atoms with E-state index in [0.717, 1.165) is 29.2 Å². The molecule has 3 aromatic rings. The largest absolute Gasteiger partial charge is 0.369 e. The summed E-state index contributed by atoms with van der Waals surface area (Å²) < 4.78 is 1.80. The summed E-state index contributed by atoms with van der Waals surface area (Å²) in [5.41, 5.74) is 4.99. The molecule has 0 unspecified atom stereocenters. The topological polar surface area (TPSA) is 62.2 Å². The number of urea groups is 1. The fourth-order valence-corrected chi connectivity index (χ4v) is 3.23. The molecule has 0 aliphatic carbocycles. The minimum atomic E-state index is -0.240. The fourth-order valence-electron chi connectivity index (χ4n) is 3.23. The van der Waals surface area contributed by atoms with Crippen molar-refractivity contribution in [1.82, 2.24) is 15.1 Å². The molecule has 28 heavy (non-hydrogen) atoms. The van der Waals surface area contributed by atoms with Gasteiger partial charge >= 0.3 is 6.03 Å². The zero-order valence-corrected chi connectivity index (χ0v) is 16.8. The van der Waals surface area contributed by atoms with E-state index in [9.17, 15) is 4.79 Å². The molecule has 0 aliphatic rings. The molecule has 1 atom stereocenters. The smallest absolute Gasteiger partial charge is 0.319 e. The van der Waals surface area contributed by atoms with E-state index in [-0.39, 0.29) is 12.1 Å². The van der Waals surface area contributed by atoms with Gasteiger partial charge in [0.25, 0.3) is 0 Å². The molecular weight excluding hydrogens is 350 g/mol. The van der Waals surface area contributed by atoms with E-state index < -0.39 is 0 Å². The number of hydrogen-bond donors (Lipinski definition) is 2. The molecule has 1 heterocycles. The standard InChI is InChI=1S/C22H27N5O/c1-16(19-14-23-27(4)17(19)2)24-22(28)25-20-12-8-9-13-21(20)26(3)15-18-10-6-5-7-11-18/h5-14,16H,15H2,1-4H3,(H2,24,25,28)/t16-/m1/s1. The lowest BCUT2D eigenvalue weighted by Crippen LogP contribution is -2.32. The van der Waals surface area contributed by atoms with Crippen LogP contribution in [0.15, 0.2) is 60.8 Å². The van der Waals surface area contributed by atoms with Gasteiger partial charge in [-0.1, -0.05) is 42.5 Å². The van der Waals surface area contributed by atoms with Crippen molar-refractivity contribution in [2.24, 2.45) is 7.05 Å². The molecule has 0 fully saturated rings. The molecule has 0 saturated heterocycles. The van der Waals surface area contributed by atoms with E-state index in [2.05, 4.69) is 32.8 Å². The lowest BCUT2D eigenvalue weighted by molar-refractivity contribution is 0.249. The number of para-hydroxylation sites is 2. The first kappa shape index (κ1) is 19.5. The van der Waals surface area contributed by atoms with E-state index in [1.807, 2.05) is 70.4 Å². The summed E-state index contributed by atoms with van der Waals surface area (Å²) in [6.45, 7) is 4.70. The Balaban J connectivity index is 1.68. The second-order valence-corrected chi connectivity index (χ2v) is 6.99. The second-order valence-electron chi connectivity index (χ2n) is 6.99. The summed E-state index contributed by atoms with van der Waals surface area (Å²) in [5.74, 6) is 0. The van der Waals surface area contributed by atoms with Gasteiger partial charge in [0, 0.05) is 31.9 Å². The van der Waals surface area contributed by atoms with Crippen molar-refractivity contribution < 1.29 is 4.79 Å². The van der Waals surface area contributed by atoms with Gasteiger partial charge in [0.15, 0.2) is 0 Å². The quantitative estimate of drug-likeness (QED) is 0.675. The number of aromatic nitrogens is 2. The maximum atomic E-state index is 12.6. The zero-order chi connectivity index (χ0) is 20.1. The van der Waals surface area contributed by atoms with Gasteiger partial charge in [-0.05, 0) is 31.5 Å². The normalized spacial score (nSPS) is 11.7. The van der Waals surface area contributed by atoms with Gasteiger partial charge in [0.1, 0.15) is 0 Å². The Morgan fingerprint density at radius 1 is 1.14 bits per heavy atom. The summed E-state index contributed by atoms with van der Waals surface area (Å²) in [6, 6.07) is 17.7. The minimum absolute atomic E-state index is 0.136. The molecule has 0 aliphatic heterocycles. The van der Waals surface area contributed by atoms with Gasteiger partial charge in [0.05, 0.1) is 23.6 Å². The SMILES string of the molecule is Cc1c([C@@H](C)NC(=O)Nc2ccccc2N(C)Cc2ccccc2)cnn1C. The Hall–Kier alpha value is -3.28. The number of nitrogens with one attached hydrogen (secondary N) is 2. The van der Waals surface area contributed by atoms with E-state index in [1.165, 1.54) is 5.56 Å². The molecule has 2 amide bonds. The first-order valence-corrected chi connectivity index (χ1v) is 9.36. The molecule has 1 aromatic heterocycles. The second kappa shape index (κ2) is 8.61. The van der Waals surface area contributed by atoms with Gasteiger partial charge in [-0.15, -0.1) is 0 Å². The van der Waals surface area contributed by atoms with Crippen LogP contribution in [-0.4, -0.2) is 22.9 Å². The van der Waals surface area contributed by atoms with E-state index in [4.69, 9.17) is 0 Å². The van der Waals surface area contributed by atoms with Crippen molar-refractivity contribution in [3.63, 3.8) is 0 Å². The van der Waals surface area contributed by atoms with Crippen molar-refractivity contribution in [3.8, 4) is 0 Å². The molecule has 2 aromatic carbocycles. The van der Waals surface area contributed by atoms with Crippen molar-refractivity contribution in [2.45, 2.75) is 26.4 Å². The highest BCUT2D eigenvalue weighted by atomic mass is 16.2. The van der Waals surface area contributed by atoms with E-state index in [1.54, 1.807) is 10.9 Å². The Labute approximate surface area is 166 Å². The molecule has 0 saturated carbocycles. The molecule has 146 valence electrons. The van der Waals surface area contributed by atoms with Crippen molar-refractivity contribution in [3.05, 3.63) is 77.6 Å². The highest BCUT2D eigenvalue weighted by Gasteiger charge is 2.16. The lowest BCUT2D eigenvalue weighted by atomic mass is 10.1. The molecule has 0 bridgehead atoms. The summed E-state index contributed by atoms with van der Waals surface area (Å²) in [4.78, 5) is 14.7. The van der Waals surface area contributed by atoms with Gasteiger partial charge in [-0.2, -0.15) is 5.10 Å². The number of nitrogens with zero attached hydrogens (tertiary/aromatic N) is 3. The summed E-state index contributed by atoms with van der Waals surface area (Å²) in [6.07, 6.45) is 1.79. The Bertz CT molecular complexity index is 935. The number of rotatable bonds is 6. The Morgan fingerprint density at radius 2 is 1.82 bits per heavy atom. The molecule has 0 spiro atoms. The van der Waals surface area contributed by atoms with Crippen LogP contribution in [-0.2, 0) is 13.6 Å². The molecule has 0 radical (unpaired) electrons. The van der Waals surface area contributed by atoms with E-state index in [0.29, 0.717) is 0 Å². The number of amides is 2. The van der Waals surface area contributed by atoms with E-state index >= 15 is 0 Å². The number of carbonyl (C=O) groups is 1. The third kappa shape index (κ3) is 4.52. The summed E-state index contributed by atoms with van der Waals surface area (Å²) in [7, 11) is 3.91. The maximum Gasteiger partial charge on any atom is 0.319 e. The predicted octanol–water partition coefficient (Wildman–Crippen LogP) is 4.25. The highest BCUT2D eigenvalue weighted by Crippen LogP contribution is 2.26. The molecular formula is C22H27N5O. The van der Waals surface area contributed by atoms with Crippen LogP contribution in [0.1, 0.15) is 29.8 Å². The number of hydrogen-bond acceptors (Lipinski definition) is 3. The van der Waals surface area contributed by atoms with Crippen LogP contribution >= 0.6 is 0 Å². The minimum Gasteiger partial charge on any atom is -0.369 e. The molecule has 3 rings (SSSR count). The first-order chi connectivity index (χ1) is 13.5. The third-order valence-corrected chi connectivity index (χ3v) is 4.91. The third-order valence-electron chi connectivity index (χ3n) is 4.91. The van der Waals surface area contributed by atoms with Gasteiger partial charge in [-0.25, -0.2) is 4.79 Å². The van der Waals surface area contributed by atoms with Crippen LogP contribution < -0.4 is 15.5 Å². The first-order valence-electron chi connectivity index (χ1n) is 9.36. The summed E-state index contributed by atoms with van der Waals surface area (Å²) >= 11 is 0. The van der Waals surface area contributed by atoms with Crippen molar-refractivity contribution in [2.75, 3.05) is 17.3 Å². The monoisotopic (exact) mass is 377 g/mol. The van der Waals surface area contributed by atoms with Crippen LogP contribution in [0, 0.1) is 6.92 Å². The number of aryl methyl sites for hydroxylation is 1. The van der Waals surface area contributed by atoms with Crippen molar-refractivity contribution in [1.29, 1.82) is 0 Å². The van der Waals surface area contributed by atoms with Crippen molar-refractivity contribution >= 4 is 17.4 Å². The fraction of sp³-hybridized carbons (Fsp3) is 0.273. The van der Waals surface area contributed by atoms with Gasteiger partial charge in [-0.3, -0.25) is 4.68 Å². The molecule has 6 heteroatoms. The van der Waals surface area contributed by atoms with Crippen LogP contribution in [0.2, 0.25) is 0 Å². The highest BCUT2D eigenvalue weighted by molar-refractivity contribution is 5.93. The maximum absolute atomic E-state index is 12.6. The number of anilines is 2. The summed E-state index contributed by atoms with van der Waals surface area (Å²) in [5, 5.41) is 10.2. The van der Waals surface area contributed by atoms with Crippen LogP contribution in [0.3, 0.4) is 0 Å². The Morgan fingerprint density at radius 3 is 2.50 bits per heavy atom. The Kier molecular flexibility index (Phi) is 5.99. The molecule has 2 N–H and O–H groups in total.